The number of tetrazole rings is 1. The van der Waals surface area contributed by atoms with E-state index in [-0.39, 0.29) is 40.7 Å². The monoisotopic (exact) mass is 681 g/mol. The molecule has 1 fully saturated rings. The summed E-state index contributed by atoms with van der Waals surface area (Å²) >= 11 is 8.49. The third kappa shape index (κ3) is 6.11. The van der Waals surface area contributed by atoms with Gasteiger partial charge in [-0.3, -0.25) is 9.59 Å². The first-order valence-electron chi connectivity index (χ1n) is 12.3. The Morgan fingerprint density at radius 2 is 1.98 bits per heavy atom. The first kappa shape index (κ1) is 28.0. The minimum Gasteiger partial charge on any atom is -0.349 e. The van der Waals surface area contributed by atoms with Crippen molar-refractivity contribution in [1.29, 1.82) is 0 Å². The van der Waals surface area contributed by atoms with Gasteiger partial charge >= 0.3 is 6.43 Å². The number of anilines is 1. The van der Waals surface area contributed by atoms with Gasteiger partial charge in [-0.15, -0.1) is 10.2 Å². The van der Waals surface area contributed by atoms with Crippen LogP contribution in [-0.2, 0) is 6.54 Å². The third-order valence-corrected chi connectivity index (χ3v) is 7.29. The van der Waals surface area contributed by atoms with Crippen LogP contribution in [0.25, 0.3) is 5.82 Å². The Bertz CT molecular complexity index is 1590. The lowest BCUT2D eigenvalue weighted by Crippen LogP contribution is -2.35. The number of pyridine rings is 1. The summed E-state index contributed by atoms with van der Waals surface area (Å²) in [5.74, 6) is -0.964. The predicted octanol–water partition coefficient (Wildman–Crippen LogP) is 4.59. The number of amides is 2. The number of carbonyl (C=O) groups excluding carboxylic acids is 2. The highest BCUT2D eigenvalue weighted by Gasteiger charge is 2.30. The number of nitrogens with one attached hydrogen (secondary N) is 2. The molecular weight excluding hydrogens is 659 g/mol. The van der Waals surface area contributed by atoms with Crippen LogP contribution in [0.15, 0.2) is 36.5 Å². The molecule has 1 unspecified atom stereocenters. The molecule has 0 saturated heterocycles. The molecule has 2 N–H and O–H groups in total. The van der Waals surface area contributed by atoms with Gasteiger partial charge in [0.1, 0.15) is 12.2 Å². The van der Waals surface area contributed by atoms with Crippen molar-refractivity contribution in [1.82, 2.24) is 40.3 Å². The zero-order chi connectivity index (χ0) is 28.6. The largest absolute Gasteiger partial charge is 0.349 e. The van der Waals surface area contributed by atoms with Crippen molar-refractivity contribution in [3.63, 3.8) is 0 Å². The van der Waals surface area contributed by atoms with Gasteiger partial charge < -0.3 is 10.6 Å². The Hall–Kier alpha value is -3.53. The third-order valence-electron chi connectivity index (χ3n) is 6.37. The zero-order valence-corrected chi connectivity index (χ0v) is 24.2. The number of hydrogen-bond donors (Lipinski definition) is 2. The van der Waals surface area contributed by atoms with Gasteiger partial charge in [-0.25, -0.2) is 18.4 Å². The first-order chi connectivity index (χ1) is 19.1. The Kier molecular flexibility index (Phi) is 8.07. The second-order valence-corrected chi connectivity index (χ2v) is 11.1. The number of aryl methyl sites for hydroxylation is 1. The standard InChI is InChI=1S/C25H23ClF2IN9O2/c1-12-8-15(29)9-17(24(39)31-13(2)14-5-6-14)20(12)32-25(40)19-10-16(11-37-35-22(21(27)28)33-36-37)34-38(19)23-18(26)4-3-7-30-23/h3-4,7-10,13-14,21H,5-6,11H2,1-2H3,(H,31,39)(H,32,40). The second-order valence-electron chi connectivity index (χ2n) is 9.42. The van der Waals surface area contributed by atoms with Crippen LogP contribution in [0.3, 0.4) is 0 Å². The fourth-order valence-corrected chi connectivity index (χ4v) is 5.16. The molecule has 40 heavy (non-hydrogen) atoms. The lowest BCUT2D eigenvalue weighted by atomic mass is 10.1. The topological polar surface area (TPSA) is 133 Å². The van der Waals surface area contributed by atoms with E-state index in [0.29, 0.717) is 22.7 Å². The van der Waals surface area contributed by atoms with E-state index in [0.717, 1.165) is 21.2 Å². The number of halogens is 4. The van der Waals surface area contributed by atoms with Crippen molar-refractivity contribution >= 4 is 51.7 Å². The van der Waals surface area contributed by atoms with Crippen LogP contribution < -0.4 is 10.6 Å². The predicted molar refractivity (Wildman–Crippen MR) is 150 cm³/mol. The number of aromatic nitrogens is 7. The lowest BCUT2D eigenvalue weighted by Gasteiger charge is -2.18. The fourth-order valence-electron chi connectivity index (χ4n) is 4.18. The van der Waals surface area contributed by atoms with Gasteiger partial charge in [-0.05, 0) is 96.3 Å². The molecule has 3 heterocycles. The number of nitrogens with zero attached hydrogens (tertiary/aromatic N) is 7. The SMILES string of the molecule is Cc1cc(I)cc(C(=O)NC(C)C2CC2)c1NC(=O)c1cc(Cn2nnc(C(F)F)n2)nn1-c1ncccc1Cl. The van der Waals surface area contributed by atoms with Gasteiger partial charge in [-0.1, -0.05) is 11.6 Å². The molecule has 0 aliphatic heterocycles. The van der Waals surface area contributed by atoms with E-state index in [2.05, 4.69) is 58.7 Å². The highest BCUT2D eigenvalue weighted by molar-refractivity contribution is 14.1. The first-order valence-corrected chi connectivity index (χ1v) is 13.7. The molecule has 11 nitrogen and oxygen atoms in total. The van der Waals surface area contributed by atoms with E-state index in [1.54, 1.807) is 25.1 Å². The van der Waals surface area contributed by atoms with Crippen molar-refractivity contribution in [2.75, 3.05) is 5.32 Å². The van der Waals surface area contributed by atoms with Crippen molar-refractivity contribution in [3.8, 4) is 5.82 Å². The van der Waals surface area contributed by atoms with E-state index >= 15 is 0 Å². The summed E-state index contributed by atoms with van der Waals surface area (Å²) in [6.07, 6.45) is 0.764. The normalized spacial score (nSPS) is 13.9. The molecule has 3 aromatic heterocycles. The molecular formula is C25H23ClF2IN9O2. The van der Waals surface area contributed by atoms with Crippen LogP contribution in [0.5, 0.6) is 0 Å². The van der Waals surface area contributed by atoms with Gasteiger partial charge in [0.05, 0.1) is 22.0 Å². The summed E-state index contributed by atoms with van der Waals surface area (Å²) in [6.45, 7) is 3.63. The molecule has 0 bridgehead atoms. The molecule has 15 heteroatoms. The van der Waals surface area contributed by atoms with Crippen molar-refractivity contribution in [3.05, 3.63) is 73.5 Å². The van der Waals surface area contributed by atoms with Crippen molar-refractivity contribution in [2.45, 2.75) is 45.7 Å². The maximum absolute atomic E-state index is 13.7. The number of hydrogen-bond acceptors (Lipinski definition) is 7. The lowest BCUT2D eigenvalue weighted by molar-refractivity contribution is 0.0936. The van der Waals surface area contributed by atoms with Crippen LogP contribution in [0.2, 0.25) is 5.02 Å². The fraction of sp³-hybridized carbons (Fsp3) is 0.320. The summed E-state index contributed by atoms with van der Waals surface area (Å²) < 4.78 is 27.9. The van der Waals surface area contributed by atoms with E-state index < -0.39 is 18.2 Å². The van der Waals surface area contributed by atoms with E-state index in [1.807, 2.05) is 13.0 Å². The van der Waals surface area contributed by atoms with E-state index in [4.69, 9.17) is 11.6 Å². The Balaban J connectivity index is 1.49. The molecule has 1 aliphatic carbocycles. The zero-order valence-electron chi connectivity index (χ0n) is 21.3. The summed E-state index contributed by atoms with van der Waals surface area (Å²) in [6, 6.07) is 8.25. The smallest absolute Gasteiger partial charge is 0.301 e. The summed E-state index contributed by atoms with van der Waals surface area (Å²) in [5, 5.41) is 21.2. The Labute approximate surface area is 245 Å². The van der Waals surface area contributed by atoms with Crippen molar-refractivity contribution in [2.24, 2.45) is 5.92 Å². The highest BCUT2D eigenvalue weighted by atomic mass is 127. The highest BCUT2D eigenvalue weighted by Crippen LogP contribution is 2.33. The van der Waals surface area contributed by atoms with Crippen LogP contribution >= 0.6 is 34.2 Å². The molecule has 208 valence electrons. The molecule has 1 aliphatic rings. The van der Waals surface area contributed by atoms with Crippen LogP contribution in [0.4, 0.5) is 14.5 Å². The summed E-state index contributed by atoms with van der Waals surface area (Å²) in [7, 11) is 0. The summed E-state index contributed by atoms with van der Waals surface area (Å²) in [5.41, 5.74) is 1.68. The Morgan fingerprint density at radius 3 is 2.65 bits per heavy atom. The van der Waals surface area contributed by atoms with Crippen LogP contribution in [0.1, 0.15) is 64.1 Å². The quantitative estimate of drug-likeness (QED) is 0.247. The maximum Gasteiger partial charge on any atom is 0.301 e. The number of alkyl halides is 2. The molecule has 1 aromatic carbocycles. The van der Waals surface area contributed by atoms with Gasteiger partial charge in [0.15, 0.2) is 5.82 Å². The second kappa shape index (κ2) is 11.5. The van der Waals surface area contributed by atoms with E-state index in [9.17, 15) is 18.4 Å². The molecule has 2 amide bonds. The molecule has 1 atom stereocenters. The van der Waals surface area contributed by atoms with Gasteiger partial charge in [0, 0.05) is 15.8 Å². The van der Waals surface area contributed by atoms with Gasteiger partial charge in [0.2, 0.25) is 5.82 Å². The maximum atomic E-state index is 13.7. The average molecular weight is 682 g/mol. The summed E-state index contributed by atoms with van der Waals surface area (Å²) in [4.78, 5) is 32.1. The van der Waals surface area contributed by atoms with Crippen molar-refractivity contribution < 1.29 is 18.4 Å². The average Bonchev–Trinajstić information content (AvgIpc) is 3.52. The molecule has 5 rings (SSSR count). The van der Waals surface area contributed by atoms with Gasteiger partial charge in [-0.2, -0.15) is 9.90 Å². The number of rotatable bonds is 9. The Morgan fingerprint density at radius 1 is 1.20 bits per heavy atom. The molecule has 4 aromatic rings. The minimum absolute atomic E-state index is 0.0143. The molecule has 1 saturated carbocycles. The number of carbonyl (C=O) groups is 2. The molecule has 0 spiro atoms. The molecule has 0 radical (unpaired) electrons. The van der Waals surface area contributed by atoms with E-state index in [1.165, 1.54) is 16.9 Å². The van der Waals surface area contributed by atoms with Crippen LogP contribution in [0, 0.1) is 16.4 Å². The van der Waals surface area contributed by atoms with Crippen LogP contribution in [-0.4, -0.2) is 52.8 Å². The minimum atomic E-state index is -2.88. The number of benzene rings is 1. The van der Waals surface area contributed by atoms with Gasteiger partial charge in [0.25, 0.3) is 11.8 Å².